The highest BCUT2D eigenvalue weighted by Gasteiger charge is 2.29. The molecule has 0 bridgehead atoms. The molecule has 1 aliphatic rings. The number of nitrogens with zero attached hydrogens (tertiary/aromatic N) is 3. The second-order valence-corrected chi connectivity index (χ2v) is 8.39. The van der Waals surface area contributed by atoms with Crippen LogP contribution in [0.25, 0.3) is 0 Å². The molecule has 5 aromatic rings. The molecule has 6 rings (SSSR count). The molecule has 164 valence electrons. The monoisotopic (exact) mass is 439 g/mol. The zero-order chi connectivity index (χ0) is 22.9. The Bertz CT molecular complexity index is 1370. The maximum absolute atomic E-state index is 2.36. The zero-order valence-electron chi connectivity index (χ0n) is 19.0. The van der Waals surface area contributed by atoms with E-state index in [0.29, 0.717) is 0 Å². The molecule has 0 unspecified atom stereocenters. The third-order valence-corrected chi connectivity index (χ3v) is 6.38. The summed E-state index contributed by atoms with van der Waals surface area (Å²) in [4.78, 5) is 6.91. The largest absolute Gasteiger partial charge is 0.345 e. The van der Waals surface area contributed by atoms with E-state index < -0.39 is 0 Å². The maximum Gasteiger partial charge on any atom is 0.0703 e. The van der Waals surface area contributed by atoms with E-state index >= 15 is 0 Å². The van der Waals surface area contributed by atoms with E-state index in [-0.39, 0.29) is 0 Å². The minimum absolute atomic E-state index is 1.14. The maximum atomic E-state index is 2.36. The molecule has 34 heavy (non-hydrogen) atoms. The lowest BCUT2D eigenvalue weighted by molar-refractivity contribution is 1.16. The summed E-state index contributed by atoms with van der Waals surface area (Å²) in [6.45, 7) is 0. The molecular formula is C31H25N3. The van der Waals surface area contributed by atoms with E-state index in [1.54, 1.807) is 0 Å². The lowest BCUT2D eigenvalue weighted by Crippen LogP contribution is -2.23. The lowest BCUT2D eigenvalue weighted by atomic mass is 10.0. The number of rotatable bonds is 4. The first-order valence-corrected chi connectivity index (χ1v) is 11.5. The Morgan fingerprint density at radius 1 is 0.382 bits per heavy atom. The van der Waals surface area contributed by atoms with Crippen LogP contribution in [0, 0.1) is 0 Å². The quantitative estimate of drug-likeness (QED) is 0.272. The third kappa shape index (κ3) is 3.39. The standard InChI is InChI=1S/C31H25N3/c1-32(24-12-4-2-5-13-24)25-20-22-27(23-21-25)34-30-18-10-8-16-28(30)33(26-14-6-3-7-15-26)29-17-9-11-19-31(29)34/h2-23H,1H3. The van der Waals surface area contributed by atoms with Crippen LogP contribution in [0.5, 0.6) is 0 Å². The summed E-state index contributed by atoms with van der Waals surface area (Å²) in [5.74, 6) is 0. The normalized spacial score (nSPS) is 12.1. The number of anilines is 8. The van der Waals surface area contributed by atoms with Crippen molar-refractivity contribution < 1.29 is 0 Å². The minimum atomic E-state index is 1.14. The molecule has 0 fully saturated rings. The van der Waals surface area contributed by atoms with Crippen LogP contribution in [-0.2, 0) is 0 Å². The summed E-state index contributed by atoms with van der Waals surface area (Å²) >= 11 is 0. The molecular weight excluding hydrogens is 414 g/mol. The van der Waals surface area contributed by atoms with Gasteiger partial charge in [-0.05, 0) is 72.8 Å². The van der Waals surface area contributed by atoms with E-state index in [2.05, 4.69) is 149 Å². The van der Waals surface area contributed by atoms with E-state index in [0.717, 1.165) is 39.8 Å². The van der Waals surface area contributed by atoms with Crippen molar-refractivity contribution in [3.05, 3.63) is 133 Å². The van der Waals surface area contributed by atoms with Gasteiger partial charge in [-0.25, -0.2) is 0 Å². The van der Waals surface area contributed by atoms with Crippen LogP contribution < -0.4 is 14.7 Å². The minimum Gasteiger partial charge on any atom is -0.345 e. The third-order valence-electron chi connectivity index (χ3n) is 6.38. The van der Waals surface area contributed by atoms with Crippen molar-refractivity contribution in [2.24, 2.45) is 0 Å². The second-order valence-electron chi connectivity index (χ2n) is 8.39. The summed E-state index contributed by atoms with van der Waals surface area (Å²) in [7, 11) is 2.10. The molecule has 0 N–H and O–H groups in total. The van der Waals surface area contributed by atoms with Gasteiger partial charge in [0.25, 0.3) is 0 Å². The van der Waals surface area contributed by atoms with Gasteiger partial charge in [-0.15, -0.1) is 0 Å². The molecule has 3 heteroatoms. The van der Waals surface area contributed by atoms with Crippen molar-refractivity contribution in [3.63, 3.8) is 0 Å². The summed E-state index contributed by atoms with van der Waals surface area (Å²) < 4.78 is 0. The summed E-state index contributed by atoms with van der Waals surface area (Å²) in [5, 5.41) is 0. The Kier molecular flexibility index (Phi) is 5.00. The fourth-order valence-electron chi connectivity index (χ4n) is 4.70. The van der Waals surface area contributed by atoms with Crippen molar-refractivity contribution in [2.45, 2.75) is 0 Å². The van der Waals surface area contributed by atoms with E-state index in [4.69, 9.17) is 0 Å². The first-order chi connectivity index (χ1) is 16.8. The van der Waals surface area contributed by atoms with E-state index in [9.17, 15) is 0 Å². The van der Waals surface area contributed by atoms with Crippen LogP contribution in [0.4, 0.5) is 45.5 Å². The van der Waals surface area contributed by atoms with Crippen LogP contribution in [0.1, 0.15) is 0 Å². The second kappa shape index (κ2) is 8.45. The first-order valence-electron chi connectivity index (χ1n) is 11.5. The number of para-hydroxylation sites is 6. The molecule has 5 aromatic carbocycles. The average molecular weight is 440 g/mol. The van der Waals surface area contributed by atoms with Gasteiger partial charge in [0.1, 0.15) is 0 Å². The molecule has 0 saturated heterocycles. The molecule has 0 radical (unpaired) electrons. The van der Waals surface area contributed by atoms with Gasteiger partial charge in [0, 0.05) is 29.8 Å². The van der Waals surface area contributed by atoms with E-state index in [1.807, 2.05) is 6.07 Å². The predicted molar refractivity (Wildman–Crippen MR) is 144 cm³/mol. The van der Waals surface area contributed by atoms with Crippen molar-refractivity contribution in [1.29, 1.82) is 0 Å². The summed E-state index contributed by atoms with van der Waals surface area (Å²) in [5.41, 5.74) is 9.26. The van der Waals surface area contributed by atoms with Gasteiger partial charge in [-0.2, -0.15) is 0 Å². The van der Waals surface area contributed by atoms with Crippen molar-refractivity contribution >= 4 is 45.5 Å². The summed E-state index contributed by atoms with van der Waals surface area (Å²) in [6.07, 6.45) is 0. The SMILES string of the molecule is CN(c1ccccc1)c1ccc(N2c3ccccc3N(c3ccccc3)c3ccccc32)cc1. The molecule has 0 amide bonds. The van der Waals surface area contributed by atoms with Gasteiger partial charge >= 0.3 is 0 Å². The highest BCUT2D eigenvalue weighted by atomic mass is 15.3. The van der Waals surface area contributed by atoms with Crippen LogP contribution >= 0.6 is 0 Å². The van der Waals surface area contributed by atoms with Gasteiger partial charge in [-0.3, -0.25) is 0 Å². The van der Waals surface area contributed by atoms with E-state index in [1.165, 1.54) is 5.69 Å². The van der Waals surface area contributed by atoms with Crippen molar-refractivity contribution in [3.8, 4) is 0 Å². The number of benzene rings is 5. The fraction of sp³-hybridized carbons (Fsp3) is 0.0323. The number of hydrogen-bond acceptors (Lipinski definition) is 3. The molecule has 1 aliphatic heterocycles. The number of fused-ring (bicyclic) bond motifs is 2. The van der Waals surface area contributed by atoms with Crippen LogP contribution in [-0.4, -0.2) is 7.05 Å². The molecule has 1 heterocycles. The van der Waals surface area contributed by atoms with Gasteiger partial charge < -0.3 is 14.7 Å². The Morgan fingerprint density at radius 2 is 0.735 bits per heavy atom. The van der Waals surface area contributed by atoms with Gasteiger partial charge in [0.05, 0.1) is 22.7 Å². The van der Waals surface area contributed by atoms with Crippen LogP contribution in [0.2, 0.25) is 0 Å². The lowest BCUT2D eigenvalue weighted by Gasteiger charge is -2.40. The predicted octanol–water partition coefficient (Wildman–Crippen LogP) is 8.71. The van der Waals surface area contributed by atoms with Crippen LogP contribution in [0.15, 0.2) is 133 Å². The van der Waals surface area contributed by atoms with Gasteiger partial charge in [0.2, 0.25) is 0 Å². The fourth-order valence-corrected chi connectivity index (χ4v) is 4.70. The Labute approximate surface area is 200 Å². The smallest absolute Gasteiger partial charge is 0.0703 e. The highest BCUT2D eigenvalue weighted by molar-refractivity contribution is 6.01. The van der Waals surface area contributed by atoms with Crippen molar-refractivity contribution in [2.75, 3.05) is 21.7 Å². The van der Waals surface area contributed by atoms with Gasteiger partial charge in [0.15, 0.2) is 0 Å². The molecule has 0 aliphatic carbocycles. The average Bonchev–Trinajstić information content (AvgIpc) is 2.92. The van der Waals surface area contributed by atoms with Crippen molar-refractivity contribution in [1.82, 2.24) is 0 Å². The zero-order valence-corrected chi connectivity index (χ0v) is 19.0. The molecule has 3 nitrogen and oxygen atoms in total. The van der Waals surface area contributed by atoms with Crippen LogP contribution in [0.3, 0.4) is 0 Å². The highest BCUT2D eigenvalue weighted by Crippen LogP contribution is 2.53. The topological polar surface area (TPSA) is 9.72 Å². The molecule has 0 aromatic heterocycles. The number of hydrogen-bond donors (Lipinski definition) is 0. The molecule has 0 saturated carbocycles. The van der Waals surface area contributed by atoms with Gasteiger partial charge in [-0.1, -0.05) is 60.7 Å². The molecule has 0 spiro atoms. The Balaban J connectivity index is 1.45. The Hall–Kier alpha value is -4.50. The summed E-state index contributed by atoms with van der Waals surface area (Å²) in [6, 6.07) is 47.1. The molecule has 0 atom stereocenters. The first kappa shape index (κ1) is 20.1. The Morgan fingerprint density at radius 3 is 1.21 bits per heavy atom.